The lowest BCUT2D eigenvalue weighted by Gasteiger charge is -2.11. The van der Waals surface area contributed by atoms with Crippen LogP contribution >= 0.6 is 0 Å². The number of hydrogen-bond donors (Lipinski definition) is 2. The number of anilines is 1. The number of nitrogens with one attached hydrogen (secondary N) is 1. The van der Waals surface area contributed by atoms with E-state index in [0.717, 1.165) is 5.56 Å². The maximum Gasteiger partial charge on any atom is 0.337 e. The molecule has 3 heteroatoms. The van der Waals surface area contributed by atoms with Crippen LogP contribution in [0.15, 0.2) is 66.7 Å². The summed E-state index contributed by atoms with van der Waals surface area (Å²) in [5.41, 5.74) is 2.07. The molecule has 0 fully saturated rings. The lowest BCUT2D eigenvalue weighted by atomic mass is 10.0. The van der Waals surface area contributed by atoms with Crippen LogP contribution in [0.5, 0.6) is 0 Å². The van der Waals surface area contributed by atoms with E-state index in [9.17, 15) is 9.90 Å². The van der Waals surface area contributed by atoms with Crippen molar-refractivity contribution in [3.63, 3.8) is 0 Å². The van der Waals surface area contributed by atoms with E-state index in [1.807, 2.05) is 24.3 Å². The van der Waals surface area contributed by atoms with E-state index in [2.05, 4.69) is 29.6 Å². The van der Waals surface area contributed by atoms with Gasteiger partial charge in [0.2, 0.25) is 0 Å². The second-order valence-electron chi connectivity index (χ2n) is 4.84. The van der Waals surface area contributed by atoms with Crippen LogP contribution in [0, 0.1) is 0 Å². The molecule has 3 rings (SSSR count). The molecule has 0 aromatic heterocycles. The van der Waals surface area contributed by atoms with E-state index in [1.165, 1.54) is 10.8 Å². The SMILES string of the molecule is O=C(O)c1ccccc1NCc1cccc2ccccc12. The van der Waals surface area contributed by atoms with Gasteiger partial charge < -0.3 is 10.4 Å². The number of carboxylic acids is 1. The van der Waals surface area contributed by atoms with Gasteiger partial charge in [-0.25, -0.2) is 4.79 Å². The minimum absolute atomic E-state index is 0.290. The molecular weight excluding hydrogens is 262 g/mol. The predicted molar refractivity (Wildman–Crippen MR) is 84.7 cm³/mol. The van der Waals surface area contributed by atoms with Crippen LogP contribution in [-0.2, 0) is 6.54 Å². The molecule has 0 heterocycles. The van der Waals surface area contributed by atoms with Crippen LogP contribution in [0.1, 0.15) is 15.9 Å². The molecule has 3 aromatic carbocycles. The molecule has 2 N–H and O–H groups in total. The number of carbonyl (C=O) groups is 1. The van der Waals surface area contributed by atoms with Crippen molar-refractivity contribution in [3.8, 4) is 0 Å². The van der Waals surface area contributed by atoms with Crippen LogP contribution in [0.25, 0.3) is 10.8 Å². The fourth-order valence-corrected chi connectivity index (χ4v) is 2.46. The molecule has 0 radical (unpaired) electrons. The first kappa shape index (κ1) is 13.2. The summed E-state index contributed by atoms with van der Waals surface area (Å²) in [6, 6.07) is 21.3. The minimum atomic E-state index is -0.920. The molecule has 0 aliphatic carbocycles. The minimum Gasteiger partial charge on any atom is -0.478 e. The quantitative estimate of drug-likeness (QED) is 0.753. The van der Waals surface area contributed by atoms with Gasteiger partial charge in [0.15, 0.2) is 0 Å². The van der Waals surface area contributed by atoms with Gasteiger partial charge in [0.25, 0.3) is 0 Å². The van der Waals surface area contributed by atoms with E-state index in [4.69, 9.17) is 0 Å². The van der Waals surface area contributed by atoms with Gasteiger partial charge in [-0.05, 0) is 28.5 Å². The van der Waals surface area contributed by atoms with E-state index in [0.29, 0.717) is 12.2 Å². The van der Waals surface area contributed by atoms with Crippen molar-refractivity contribution < 1.29 is 9.90 Å². The fraction of sp³-hybridized carbons (Fsp3) is 0.0556. The summed E-state index contributed by atoms with van der Waals surface area (Å²) >= 11 is 0. The smallest absolute Gasteiger partial charge is 0.337 e. The van der Waals surface area contributed by atoms with E-state index in [-0.39, 0.29) is 5.56 Å². The third kappa shape index (κ3) is 2.72. The van der Waals surface area contributed by atoms with Gasteiger partial charge in [0, 0.05) is 12.2 Å². The van der Waals surface area contributed by atoms with Gasteiger partial charge in [-0.2, -0.15) is 0 Å². The van der Waals surface area contributed by atoms with Crippen LogP contribution in [-0.4, -0.2) is 11.1 Å². The first-order chi connectivity index (χ1) is 10.3. The number of rotatable bonds is 4. The Balaban J connectivity index is 1.89. The molecule has 0 spiro atoms. The molecule has 0 aliphatic heterocycles. The summed E-state index contributed by atoms with van der Waals surface area (Å²) in [5, 5.41) is 14.8. The molecule has 0 unspecified atom stereocenters. The number of hydrogen-bond acceptors (Lipinski definition) is 2. The van der Waals surface area contributed by atoms with E-state index in [1.54, 1.807) is 18.2 Å². The van der Waals surface area contributed by atoms with Crippen molar-refractivity contribution in [1.82, 2.24) is 0 Å². The third-order valence-corrected chi connectivity index (χ3v) is 3.51. The summed E-state index contributed by atoms with van der Waals surface area (Å²) in [6.45, 7) is 0.589. The molecule has 21 heavy (non-hydrogen) atoms. The van der Waals surface area contributed by atoms with Crippen molar-refractivity contribution in [2.75, 3.05) is 5.32 Å². The van der Waals surface area contributed by atoms with Crippen molar-refractivity contribution in [3.05, 3.63) is 77.9 Å². The second-order valence-corrected chi connectivity index (χ2v) is 4.84. The van der Waals surface area contributed by atoms with Crippen molar-refractivity contribution in [2.45, 2.75) is 6.54 Å². The maximum atomic E-state index is 11.2. The molecular formula is C18H15NO2. The number of fused-ring (bicyclic) bond motifs is 1. The molecule has 104 valence electrons. The molecule has 3 nitrogen and oxygen atoms in total. The summed E-state index contributed by atoms with van der Waals surface area (Å²) < 4.78 is 0. The van der Waals surface area contributed by atoms with Gasteiger partial charge in [0.05, 0.1) is 5.56 Å². The maximum absolute atomic E-state index is 11.2. The molecule has 0 amide bonds. The van der Waals surface area contributed by atoms with Crippen LogP contribution in [0.2, 0.25) is 0 Å². The van der Waals surface area contributed by atoms with Crippen molar-refractivity contribution >= 4 is 22.4 Å². The normalized spacial score (nSPS) is 10.5. The molecule has 0 atom stereocenters. The topological polar surface area (TPSA) is 49.3 Å². The highest BCUT2D eigenvalue weighted by Gasteiger charge is 2.08. The highest BCUT2D eigenvalue weighted by atomic mass is 16.4. The average Bonchev–Trinajstić information content (AvgIpc) is 2.53. The van der Waals surface area contributed by atoms with Gasteiger partial charge in [-0.3, -0.25) is 0 Å². The Morgan fingerprint density at radius 3 is 2.48 bits per heavy atom. The van der Waals surface area contributed by atoms with Crippen LogP contribution in [0.3, 0.4) is 0 Å². The standard InChI is InChI=1S/C18H15NO2/c20-18(21)16-10-3-4-11-17(16)19-12-14-8-5-7-13-6-1-2-9-15(13)14/h1-11,19H,12H2,(H,20,21). The van der Waals surface area contributed by atoms with Crippen molar-refractivity contribution in [1.29, 1.82) is 0 Å². The van der Waals surface area contributed by atoms with Crippen LogP contribution < -0.4 is 5.32 Å². The summed E-state index contributed by atoms with van der Waals surface area (Å²) in [5.74, 6) is -0.920. The monoisotopic (exact) mass is 277 g/mol. The van der Waals surface area contributed by atoms with Gasteiger partial charge in [0.1, 0.15) is 0 Å². The molecule has 0 saturated carbocycles. The van der Waals surface area contributed by atoms with Gasteiger partial charge >= 0.3 is 5.97 Å². The van der Waals surface area contributed by atoms with E-state index < -0.39 is 5.97 Å². The summed E-state index contributed by atoms with van der Waals surface area (Å²) in [4.78, 5) is 11.2. The zero-order valence-corrected chi connectivity index (χ0v) is 11.4. The molecule has 3 aromatic rings. The number of aromatic carboxylic acids is 1. The summed E-state index contributed by atoms with van der Waals surface area (Å²) in [6.07, 6.45) is 0. The third-order valence-electron chi connectivity index (χ3n) is 3.51. The second kappa shape index (κ2) is 5.67. The van der Waals surface area contributed by atoms with Gasteiger partial charge in [-0.1, -0.05) is 54.6 Å². The predicted octanol–water partition coefficient (Wildman–Crippen LogP) is 4.15. The van der Waals surface area contributed by atoms with Gasteiger partial charge in [-0.15, -0.1) is 0 Å². The number of carboxylic acid groups (broad SMARTS) is 1. The average molecular weight is 277 g/mol. The zero-order valence-electron chi connectivity index (χ0n) is 11.4. The fourth-order valence-electron chi connectivity index (χ4n) is 2.46. The summed E-state index contributed by atoms with van der Waals surface area (Å²) in [7, 11) is 0. The number of para-hydroxylation sites is 1. The molecule has 0 aliphatic rings. The van der Waals surface area contributed by atoms with Crippen LogP contribution in [0.4, 0.5) is 5.69 Å². The molecule has 0 saturated heterocycles. The largest absolute Gasteiger partial charge is 0.478 e. The Labute approximate surface area is 122 Å². The Hall–Kier alpha value is -2.81. The first-order valence-corrected chi connectivity index (χ1v) is 6.78. The Morgan fingerprint density at radius 2 is 1.62 bits per heavy atom. The first-order valence-electron chi connectivity index (χ1n) is 6.78. The highest BCUT2D eigenvalue weighted by Crippen LogP contribution is 2.21. The molecule has 0 bridgehead atoms. The Morgan fingerprint density at radius 1 is 0.905 bits per heavy atom. The van der Waals surface area contributed by atoms with Crippen molar-refractivity contribution in [2.24, 2.45) is 0 Å². The Bertz CT molecular complexity index is 791. The lowest BCUT2D eigenvalue weighted by Crippen LogP contribution is -2.06. The zero-order chi connectivity index (χ0) is 14.7. The lowest BCUT2D eigenvalue weighted by molar-refractivity contribution is 0.0698. The Kier molecular flexibility index (Phi) is 3.56. The van der Waals surface area contributed by atoms with E-state index >= 15 is 0 Å². The highest BCUT2D eigenvalue weighted by molar-refractivity contribution is 5.94. The number of benzene rings is 3.